The van der Waals surface area contributed by atoms with Gasteiger partial charge in [-0.1, -0.05) is 64.7 Å². The summed E-state index contributed by atoms with van der Waals surface area (Å²) in [7, 11) is 0. The highest BCUT2D eigenvalue weighted by Crippen LogP contribution is 2.12. The average Bonchev–Trinajstić information content (AvgIpc) is 2.60. The number of aldehydes is 1. The molecule has 0 aliphatic rings. The Labute approximate surface area is 145 Å². The lowest BCUT2D eigenvalue weighted by Crippen LogP contribution is -2.48. The first-order valence-corrected chi connectivity index (χ1v) is 9.30. The molecule has 6 nitrogen and oxygen atoms in total. The molecule has 0 rings (SSSR count). The van der Waals surface area contributed by atoms with E-state index in [2.05, 4.69) is 6.92 Å². The van der Waals surface area contributed by atoms with Crippen molar-refractivity contribution in [3.05, 3.63) is 0 Å². The Morgan fingerprint density at radius 3 is 1.83 bits per heavy atom. The van der Waals surface area contributed by atoms with E-state index in [-0.39, 0.29) is 6.29 Å². The van der Waals surface area contributed by atoms with Crippen molar-refractivity contribution < 1.29 is 30.0 Å². The molecule has 0 aliphatic carbocycles. The highest BCUT2D eigenvalue weighted by atomic mass is 16.5. The zero-order valence-electron chi connectivity index (χ0n) is 15.0. The van der Waals surface area contributed by atoms with Gasteiger partial charge in [0.05, 0.1) is 6.61 Å². The summed E-state index contributed by atoms with van der Waals surface area (Å²) in [4.78, 5) is 10.7. The number of aliphatic hydroxyl groups is 4. The van der Waals surface area contributed by atoms with Gasteiger partial charge in [0.25, 0.3) is 0 Å². The van der Waals surface area contributed by atoms with Crippen molar-refractivity contribution in [2.45, 2.75) is 95.5 Å². The van der Waals surface area contributed by atoms with Crippen LogP contribution in [0.3, 0.4) is 0 Å². The number of hydrogen-bond donors (Lipinski definition) is 4. The minimum absolute atomic E-state index is 0.260. The monoisotopic (exact) mass is 348 g/mol. The lowest BCUT2D eigenvalue weighted by molar-refractivity contribution is -0.150. The van der Waals surface area contributed by atoms with Crippen LogP contribution in [-0.4, -0.2) is 64.3 Å². The third-order valence-corrected chi connectivity index (χ3v) is 4.20. The molecule has 0 aromatic rings. The summed E-state index contributed by atoms with van der Waals surface area (Å²) in [6.07, 6.45) is 6.38. The van der Waals surface area contributed by atoms with Crippen LogP contribution in [0, 0.1) is 0 Å². The Morgan fingerprint density at radius 2 is 1.38 bits per heavy atom. The molecule has 0 heterocycles. The molecule has 6 heteroatoms. The first-order valence-electron chi connectivity index (χ1n) is 9.30. The highest BCUT2D eigenvalue weighted by Gasteiger charge is 2.32. The Hall–Kier alpha value is -0.530. The average molecular weight is 348 g/mol. The van der Waals surface area contributed by atoms with Crippen LogP contribution in [0.1, 0.15) is 71.1 Å². The van der Waals surface area contributed by atoms with E-state index >= 15 is 0 Å². The van der Waals surface area contributed by atoms with Gasteiger partial charge in [0, 0.05) is 6.61 Å². The van der Waals surface area contributed by atoms with Crippen molar-refractivity contribution in [2.75, 3.05) is 13.2 Å². The minimum atomic E-state index is -1.52. The van der Waals surface area contributed by atoms with E-state index in [0.717, 1.165) is 19.3 Å². The fourth-order valence-electron chi connectivity index (χ4n) is 2.61. The number of carbonyl (C=O) groups excluding carboxylic acids is 1. The van der Waals surface area contributed by atoms with Crippen LogP contribution >= 0.6 is 0 Å². The summed E-state index contributed by atoms with van der Waals surface area (Å²) >= 11 is 0. The van der Waals surface area contributed by atoms with Gasteiger partial charge in [0.2, 0.25) is 0 Å². The van der Waals surface area contributed by atoms with Crippen molar-refractivity contribution in [3.63, 3.8) is 0 Å². The van der Waals surface area contributed by atoms with Crippen LogP contribution in [-0.2, 0) is 9.53 Å². The van der Waals surface area contributed by atoms with E-state index in [0.29, 0.717) is 6.61 Å². The second-order valence-corrected chi connectivity index (χ2v) is 6.38. The largest absolute Gasteiger partial charge is 0.394 e. The quantitative estimate of drug-likeness (QED) is 0.235. The molecule has 0 radical (unpaired) electrons. The van der Waals surface area contributed by atoms with E-state index < -0.39 is 31.0 Å². The number of aliphatic hydroxyl groups excluding tert-OH is 4. The molecule has 0 aliphatic heterocycles. The molecule has 0 fully saturated rings. The van der Waals surface area contributed by atoms with Gasteiger partial charge in [-0.15, -0.1) is 0 Å². The summed E-state index contributed by atoms with van der Waals surface area (Å²) in [5.74, 6) is 0. The Balaban J connectivity index is 3.75. The van der Waals surface area contributed by atoms with Crippen molar-refractivity contribution in [3.8, 4) is 0 Å². The second-order valence-electron chi connectivity index (χ2n) is 6.38. The number of unbranched alkanes of at least 4 members (excludes halogenated alkanes) is 9. The lowest BCUT2D eigenvalue weighted by atomic mass is 10.0. The van der Waals surface area contributed by atoms with Gasteiger partial charge in [0.1, 0.15) is 24.4 Å². The minimum Gasteiger partial charge on any atom is -0.394 e. The lowest BCUT2D eigenvalue weighted by Gasteiger charge is -2.27. The van der Waals surface area contributed by atoms with Crippen LogP contribution in [0.2, 0.25) is 0 Å². The van der Waals surface area contributed by atoms with E-state index in [9.17, 15) is 20.1 Å². The first kappa shape index (κ1) is 23.5. The van der Waals surface area contributed by atoms with Crippen LogP contribution in [0.4, 0.5) is 0 Å². The van der Waals surface area contributed by atoms with Gasteiger partial charge in [0.15, 0.2) is 6.29 Å². The van der Waals surface area contributed by atoms with Gasteiger partial charge >= 0.3 is 0 Å². The van der Waals surface area contributed by atoms with Crippen molar-refractivity contribution in [1.29, 1.82) is 0 Å². The Bertz CT molecular complexity index is 287. The van der Waals surface area contributed by atoms with Gasteiger partial charge in [-0.05, 0) is 6.42 Å². The Kier molecular flexibility index (Phi) is 15.6. The number of ether oxygens (including phenoxy) is 1. The molecule has 0 saturated heterocycles. The van der Waals surface area contributed by atoms with E-state index in [1.807, 2.05) is 0 Å². The molecule has 0 spiro atoms. The third kappa shape index (κ3) is 11.1. The van der Waals surface area contributed by atoms with Gasteiger partial charge in [-0.25, -0.2) is 0 Å². The fourth-order valence-corrected chi connectivity index (χ4v) is 2.61. The molecule has 0 bridgehead atoms. The molecule has 0 saturated carbocycles. The highest BCUT2D eigenvalue weighted by molar-refractivity contribution is 5.56. The predicted octanol–water partition coefficient (Wildman–Crippen LogP) is 1.57. The van der Waals surface area contributed by atoms with Gasteiger partial charge < -0.3 is 30.0 Å². The van der Waals surface area contributed by atoms with E-state index in [1.54, 1.807) is 0 Å². The van der Waals surface area contributed by atoms with Crippen LogP contribution in [0.15, 0.2) is 0 Å². The smallest absolute Gasteiger partial charge is 0.151 e. The molecular formula is C18H36O6. The summed E-state index contributed by atoms with van der Waals surface area (Å²) in [6, 6.07) is 0. The maximum Gasteiger partial charge on any atom is 0.151 e. The maximum absolute atomic E-state index is 10.7. The Morgan fingerprint density at radius 1 is 0.875 bits per heavy atom. The van der Waals surface area contributed by atoms with Crippen LogP contribution < -0.4 is 0 Å². The molecule has 0 unspecified atom stereocenters. The topological polar surface area (TPSA) is 107 Å². The molecule has 24 heavy (non-hydrogen) atoms. The SMILES string of the molecule is CCCCCCCCCCCCO[C@H]([C@H](O)[C@H](O)CO)[C@@H](O)C=O. The third-order valence-electron chi connectivity index (χ3n) is 4.20. The van der Waals surface area contributed by atoms with Crippen molar-refractivity contribution >= 4 is 6.29 Å². The molecule has 4 N–H and O–H groups in total. The van der Waals surface area contributed by atoms with Crippen LogP contribution in [0.5, 0.6) is 0 Å². The van der Waals surface area contributed by atoms with Gasteiger partial charge in [-0.3, -0.25) is 0 Å². The zero-order chi connectivity index (χ0) is 18.2. The maximum atomic E-state index is 10.7. The summed E-state index contributed by atoms with van der Waals surface area (Å²) < 4.78 is 5.35. The molecule has 0 aromatic carbocycles. The molecule has 0 aromatic heterocycles. The number of carbonyl (C=O) groups is 1. The molecular weight excluding hydrogens is 312 g/mol. The fraction of sp³-hybridized carbons (Fsp3) is 0.944. The summed E-state index contributed by atoms with van der Waals surface area (Å²) in [5.41, 5.74) is 0. The van der Waals surface area contributed by atoms with Crippen molar-refractivity contribution in [2.24, 2.45) is 0 Å². The molecule has 4 atom stereocenters. The summed E-state index contributed by atoms with van der Waals surface area (Å²) in [6.45, 7) is 1.84. The summed E-state index contributed by atoms with van der Waals surface area (Å²) in [5, 5.41) is 37.6. The molecule has 0 amide bonds. The molecule has 144 valence electrons. The predicted molar refractivity (Wildman–Crippen MR) is 92.8 cm³/mol. The van der Waals surface area contributed by atoms with Crippen LogP contribution in [0.25, 0.3) is 0 Å². The zero-order valence-corrected chi connectivity index (χ0v) is 15.0. The van der Waals surface area contributed by atoms with E-state index in [4.69, 9.17) is 9.84 Å². The van der Waals surface area contributed by atoms with Crippen molar-refractivity contribution in [1.82, 2.24) is 0 Å². The van der Waals surface area contributed by atoms with E-state index in [1.165, 1.54) is 44.9 Å². The first-order chi connectivity index (χ1) is 11.6. The number of rotatable bonds is 17. The second kappa shape index (κ2) is 16.0. The number of hydrogen-bond acceptors (Lipinski definition) is 6. The standard InChI is InChI=1S/C18H36O6/c1-2-3-4-5-6-7-8-9-10-11-12-24-18(16(22)14-20)17(23)15(21)13-19/h14-19,21-23H,2-13H2,1H3/t15-,16+,17-,18+/m1/s1. The van der Waals surface area contributed by atoms with Gasteiger partial charge in [-0.2, -0.15) is 0 Å². The normalized spacial score (nSPS) is 16.5.